The standard InChI is InChI=1S/C18H17F3N6O/c1-11-15(17(28)23-13-6-2-3-8-22-13)16-24-14(7-10-27(16)25-11)26-9-4-5-12(26)18(19,20)21/h2-3,6-8,10,12H,4-5,9H2,1H3,(H,22,23,28)/t12-/m1/s1. The number of aryl methyl sites for hydroxylation is 1. The Balaban J connectivity index is 1.71. The average Bonchev–Trinajstić information content (AvgIpc) is 3.25. The van der Waals surface area contributed by atoms with Crippen LogP contribution in [-0.4, -0.2) is 44.3 Å². The predicted molar refractivity (Wildman–Crippen MR) is 96.3 cm³/mol. The van der Waals surface area contributed by atoms with E-state index in [1.165, 1.54) is 21.7 Å². The minimum absolute atomic E-state index is 0.0294. The SMILES string of the molecule is Cc1nn2ccc(N3CCC[C@@H]3C(F)(F)F)nc2c1C(=O)Nc1ccccn1. The van der Waals surface area contributed by atoms with Gasteiger partial charge in [-0.25, -0.2) is 14.5 Å². The van der Waals surface area contributed by atoms with Gasteiger partial charge in [0.05, 0.1) is 5.69 Å². The van der Waals surface area contributed by atoms with E-state index in [0.717, 1.165) is 0 Å². The molecule has 146 valence electrons. The molecule has 1 aliphatic rings. The van der Waals surface area contributed by atoms with Crippen molar-refractivity contribution in [1.29, 1.82) is 0 Å². The Morgan fingerprint density at radius 3 is 2.82 bits per heavy atom. The van der Waals surface area contributed by atoms with Gasteiger partial charge < -0.3 is 10.2 Å². The first kappa shape index (κ1) is 18.2. The molecule has 28 heavy (non-hydrogen) atoms. The molecule has 0 aromatic carbocycles. The van der Waals surface area contributed by atoms with Crippen molar-refractivity contribution < 1.29 is 18.0 Å². The quantitative estimate of drug-likeness (QED) is 0.743. The van der Waals surface area contributed by atoms with Gasteiger partial charge in [-0.2, -0.15) is 18.3 Å². The molecule has 1 amide bonds. The highest BCUT2D eigenvalue weighted by Crippen LogP contribution is 2.35. The summed E-state index contributed by atoms with van der Waals surface area (Å²) in [7, 11) is 0. The number of carbonyl (C=O) groups is 1. The van der Waals surface area contributed by atoms with Crippen LogP contribution in [0.2, 0.25) is 0 Å². The number of hydrogen-bond donors (Lipinski definition) is 1. The fourth-order valence-electron chi connectivity index (χ4n) is 3.45. The molecule has 3 aromatic heterocycles. The molecular formula is C18H17F3N6O. The zero-order chi connectivity index (χ0) is 19.9. The predicted octanol–water partition coefficient (Wildman–Crippen LogP) is 3.22. The van der Waals surface area contributed by atoms with E-state index in [4.69, 9.17) is 0 Å². The van der Waals surface area contributed by atoms with Crippen molar-refractivity contribution in [1.82, 2.24) is 19.6 Å². The van der Waals surface area contributed by atoms with Crippen molar-refractivity contribution >= 4 is 23.2 Å². The Labute approximate surface area is 158 Å². The van der Waals surface area contributed by atoms with Gasteiger partial charge in [-0.3, -0.25) is 4.79 Å². The van der Waals surface area contributed by atoms with Crippen molar-refractivity contribution in [3.05, 3.63) is 47.9 Å². The summed E-state index contributed by atoms with van der Waals surface area (Å²) in [5, 5.41) is 6.91. The molecule has 4 heterocycles. The summed E-state index contributed by atoms with van der Waals surface area (Å²) < 4.78 is 41.3. The second-order valence-corrected chi connectivity index (χ2v) is 6.58. The van der Waals surface area contributed by atoms with Crippen molar-refractivity contribution in [3.8, 4) is 0 Å². The van der Waals surface area contributed by atoms with Crippen molar-refractivity contribution in [2.24, 2.45) is 0 Å². The molecule has 4 rings (SSSR count). The van der Waals surface area contributed by atoms with Crippen LogP contribution in [-0.2, 0) is 0 Å². The Morgan fingerprint density at radius 1 is 1.29 bits per heavy atom. The minimum atomic E-state index is -4.33. The number of pyridine rings is 1. The maximum Gasteiger partial charge on any atom is 0.408 e. The van der Waals surface area contributed by atoms with Crippen LogP contribution in [0.15, 0.2) is 36.7 Å². The van der Waals surface area contributed by atoms with E-state index in [9.17, 15) is 18.0 Å². The van der Waals surface area contributed by atoms with Gasteiger partial charge in [0, 0.05) is 18.9 Å². The van der Waals surface area contributed by atoms with Crippen molar-refractivity contribution in [2.45, 2.75) is 32.0 Å². The van der Waals surface area contributed by atoms with Gasteiger partial charge in [0.15, 0.2) is 5.65 Å². The Bertz CT molecular complexity index is 1020. The van der Waals surface area contributed by atoms with E-state index in [1.54, 1.807) is 31.3 Å². The van der Waals surface area contributed by atoms with Gasteiger partial charge in [0.25, 0.3) is 5.91 Å². The van der Waals surface area contributed by atoms with Crippen LogP contribution in [0, 0.1) is 6.92 Å². The fourth-order valence-corrected chi connectivity index (χ4v) is 3.45. The smallest absolute Gasteiger partial charge is 0.344 e. The van der Waals surface area contributed by atoms with Crippen LogP contribution < -0.4 is 10.2 Å². The molecule has 0 unspecified atom stereocenters. The highest BCUT2D eigenvalue weighted by atomic mass is 19.4. The maximum absolute atomic E-state index is 13.3. The summed E-state index contributed by atoms with van der Waals surface area (Å²) in [6.07, 6.45) is -0.808. The van der Waals surface area contributed by atoms with Crippen LogP contribution in [0.1, 0.15) is 28.9 Å². The van der Waals surface area contributed by atoms with E-state index in [2.05, 4.69) is 20.4 Å². The summed E-state index contributed by atoms with van der Waals surface area (Å²) in [4.78, 5) is 22.4. The summed E-state index contributed by atoms with van der Waals surface area (Å²) in [6, 6.07) is 5.00. The second-order valence-electron chi connectivity index (χ2n) is 6.58. The highest BCUT2D eigenvalue weighted by molar-refractivity contribution is 6.08. The van der Waals surface area contributed by atoms with Gasteiger partial charge in [-0.05, 0) is 38.0 Å². The first-order valence-corrected chi connectivity index (χ1v) is 8.76. The molecule has 0 spiro atoms. The van der Waals surface area contributed by atoms with E-state index < -0.39 is 18.1 Å². The molecule has 1 saturated heterocycles. The van der Waals surface area contributed by atoms with E-state index >= 15 is 0 Å². The van der Waals surface area contributed by atoms with Gasteiger partial charge in [-0.1, -0.05) is 6.07 Å². The Morgan fingerprint density at radius 2 is 2.11 bits per heavy atom. The number of alkyl halides is 3. The molecule has 1 N–H and O–H groups in total. The number of aromatic nitrogens is 4. The third-order valence-corrected chi connectivity index (χ3v) is 4.70. The molecule has 0 bridgehead atoms. The first-order chi connectivity index (χ1) is 13.3. The Kier molecular flexibility index (Phi) is 4.40. The van der Waals surface area contributed by atoms with Crippen LogP contribution in [0.3, 0.4) is 0 Å². The number of rotatable bonds is 3. The monoisotopic (exact) mass is 390 g/mol. The molecule has 1 aliphatic heterocycles. The molecule has 10 heteroatoms. The topological polar surface area (TPSA) is 75.4 Å². The van der Waals surface area contributed by atoms with E-state index in [-0.39, 0.29) is 30.0 Å². The minimum Gasteiger partial charge on any atom is -0.344 e. The van der Waals surface area contributed by atoms with Gasteiger partial charge in [0.2, 0.25) is 0 Å². The van der Waals surface area contributed by atoms with Crippen molar-refractivity contribution in [3.63, 3.8) is 0 Å². The van der Waals surface area contributed by atoms with E-state index in [1.807, 2.05) is 0 Å². The zero-order valence-corrected chi connectivity index (χ0v) is 14.9. The summed E-state index contributed by atoms with van der Waals surface area (Å²) in [5.41, 5.74) is 0.832. The van der Waals surface area contributed by atoms with Gasteiger partial charge in [-0.15, -0.1) is 0 Å². The molecular weight excluding hydrogens is 373 g/mol. The normalized spacial score (nSPS) is 17.3. The third-order valence-electron chi connectivity index (χ3n) is 4.70. The summed E-state index contributed by atoms with van der Waals surface area (Å²) >= 11 is 0. The molecule has 1 fully saturated rings. The fraction of sp³-hybridized carbons (Fsp3) is 0.333. The molecule has 1 atom stereocenters. The molecule has 7 nitrogen and oxygen atoms in total. The number of nitrogens with zero attached hydrogens (tertiary/aromatic N) is 5. The number of carbonyl (C=O) groups excluding carboxylic acids is 1. The van der Waals surface area contributed by atoms with Crippen LogP contribution in [0.4, 0.5) is 24.8 Å². The van der Waals surface area contributed by atoms with Crippen LogP contribution in [0.5, 0.6) is 0 Å². The molecule has 0 radical (unpaired) electrons. The lowest BCUT2D eigenvalue weighted by atomic mass is 10.2. The highest BCUT2D eigenvalue weighted by Gasteiger charge is 2.46. The van der Waals surface area contributed by atoms with Crippen LogP contribution >= 0.6 is 0 Å². The molecule has 0 aliphatic carbocycles. The van der Waals surface area contributed by atoms with Gasteiger partial charge >= 0.3 is 6.18 Å². The van der Waals surface area contributed by atoms with Crippen molar-refractivity contribution in [2.75, 3.05) is 16.8 Å². The lowest BCUT2D eigenvalue weighted by Gasteiger charge is -2.27. The van der Waals surface area contributed by atoms with Crippen LogP contribution in [0.25, 0.3) is 5.65 Å². The lowest BCUT2D eigenvalue weighted by molar-refractivity contribution is -0.146. The Hall–Kier alpha value is -3.17. The summed E-state index contributed by atoms with van der Waals surface area (Å²) in [6.45, 7) is 1.91. The van der Waals surface area contributed by atoms with Gasteiger partial charge in [0.1, 0.15) is 23.2 Å². The lowest BCUT2D eigenvalue weighted by Crippen LogP contribution is -2.41. The number of amides is 1. The second kappa shape index (κ2) is 6.77. The molecule has 3 aromatic rings. The largest absolute Gasteiger partial charge is 0.408 e. The molecule has 0 saturated carbocycles. The number of fused-ring (bicyclic) bond motifs is 1. The third kappa shape index (κ3) is 3.25. The maximum atomic E-state index is 13.3. The average molecular weight is 390 g/mol. The van der Waals surface area contributed by atoms with E-state index in [0.29, 0.717) is 17.9 Å². The summed E-state index contributed by atoms with van der Waals surface area (Å²) in [5.74, 6) is 0.0721. The number of anilines is 2. The number of nitrogens with one attached hydrogen (secondary N) is 1. The first-order valence-electron chi connectivity index (χ1n) is 8.76. The number of halogens is 3. The number of hydrogen-bond acceptors (Lipinski definition) is 5. The zero-order valence-electron chi connectivity index (χ0n) is 14.9.